The zero-order valence-corrected chi connectivity index (χ0v) is 13.0. The van der Waals surface area contributed by atoms with Crippen LogP contribution in [0.5, 0.6) is 0 Å². The first-order valence-corrected chi connectivity index (χ1v) is 7.19. The Hall–Kier alpha value is -2.13. The molecule has 0 aliphatic carbocycles. The fraction of sp³-hybridized carbons (Fsp3) is 0.176. The number of aryl methyl sites for hydroxylation is 1. The molecule has 3 aromatic rings. The molecule has 1 aromatic heterocycles. The molecular weight excluding hydrogens is 282 g/mol. The molecule has 0 saturated carbocycles. The Bertz CT molecular complexity index is 828. The number of hydrogen-bond acceptors (Lipinski definition) is 3. The quantitative estimate of drug-likeness (QED) is 0.750. The van der Waals surface area contributed by atoms with Crippen LogP contribution in [0.2, 0.25) is 5.02 Å². The Labute approximate surface area is 129 Å². The van der Waals surface area contributed by atoms with E-state index in [2.05, 4.69) is 34.3 Å². The second-order valence-electron chi connectivity index (χ2n) is 5.08. The van der Waals surface area contributed by atoms with Gasteiger partial charge in [0.25, 0.3) is 0 Å². The number of nitrogens with zero attached hydrogens (tertiary/aromatic N) is 2. The van der Waals surface area contributed by atoms with Gasteiger partial charge < -0.3 is 5.32 Å². The molecule has 1 N–H and O–H groups in total. The van der Waals surface area contributed by atoms with Crippen molar-refractivity contribution >= 4 is 28.3 Å². The molecule has 21 heavy (non-hydrogen) atoms. The number of anilines is 1. The van der Waals surface area contributed by atoms with Crippen LogP contribution >= 0.6 is 11.6 Å². The van der Waals surface area contributed by atoms with Gasteiger partial charge >= 0.3 is 0 Å². The molecule has 0 radical (unpaired) electrons. The van der Waals surface area contributed by atoms with Crippen LogP contribution in [0.4, 0.5) is 5.82 Å². The summed E-state index contributed by atoms with van der Waals surface area (Å²) in [6.07, 6.45) is 0. The lowest BCUT2D eigenvalue weighted by Gasteiger charge is -2.11. The van der Waals surface area contributed by atoms with Gasteiger partial charge in [0.05, 0.1) is 5.52 Å². The molecule has 0 fully saturated rings. The van der Waals surface area contributed by atoms with Gasteiger partial charge in [-0.25, -0.2) is 9.97 Å². The lowest BCUT2D eigenvalue weighted by atomic mass is 10.1. The Morgan fingerprint density at radius 2 is 1.86 bits per heavy atom. The third kappa shape index (κ3) is 2.45. The monoisotopic (exact) mass is 297 g/mol. The molecule has 0 aliphatic heterocycles. The van der Waals surface area contributed by atoms with Crippen molar-refractivity contribution in [2.24, 2.45) is 0 Å². The fourth-order valence-electron chi connectivity index (χ4n) is 2.40. The van der Waals surface area contributed by atoms with Crippen LogP contribution in [-0.2, 0) is 0 Å². The number of nitrogens with one attached hydrogen (secondary N) is 1. The van der Waals surface area contributed by atoms with Gasteiger partial charge in [0.15, 0.2) is 5.82 Å². The average molecular weight is 298 g/mol. The molecule has 0 atom stereocenters. The van der Waals surface area contributed by atoms with E-state index in [1.54, 1.807) is 0 Å². The van der Waals surface area contributed by atoms with E-state index in [1.165, 1.54) is 5.56 Å². The smallest absolute Gasteiger partial charge is 0.162 e. The molecule has 106 valence electrons. The molecular formula is C17H16ClN3. The predicted molar refractivity (Wildman–Crippen MR) is 89.0 cm³/mol. The van der Waals surface area contributed by atoms with E-state index in [0.29, 0.717) is 5.82 Å². The minimum absolute atomic E-state index is 0.690. The summed E-state index contributed by atoms with van der Waals surface area (Å²) in [7, 11) is 1.87. The predicted octanol–water partition coefficient (Wildman–Crippen LogP) is 4.61. The number of aromatic nitrogens is 2. The first-order chi connectivity index (χ1) is 10.1. The summed E-state index contributed by atoms with van der Waals surface area (Å²) < 4.78 is 0. The van der Waals surface area contributed by atoms with Crippen LogP contribution in [0.15, 0.2) is 36.4 Å². The second kappa shape index (κ2) is 5.34. The third-order valence-corrected chi connectivity index (χ3v) is 4.01. The van der Waals surface area contributed by atoms with Crippen molar-refractivity contribution in [3.05, 3.63) is 52.5 Å². The molecule has 3 rings (SSSR count). The first-order valence-electron chi connectivity index (χ1n) is 6.82. The molecule has 0 unspecified atom stereocenters. The Kier molecular flexibility index (Phi) is 3.52. The average Bonchev–Trinajstić information content (AvgIpc) is 2.49. The van der Waals surface area contributed by atoms with Crippen LogP contribution in [0.1, 0.15) is 11.1 Å². The molecule has 0 saturated heterocycles. The fourth-order valence-corrected chi connectivity index (χ4v) is 2.58. The van der Waals surface area contributed by atoms with E-state index in [9.17, 15) is 0 Å². The van der Waals surface area contributed by atoms with E-state index in [1.807, 2.05) is 38.2 Å². The van der Waals surface area contributed by atoms with Crippen molar-refractivity contribution in [2.45, 2.75) is 13.8 Å². The van der Waals surface area contributed by atoms with Gasteiger partial charge in [-0.05, 0) is 37.6 Å². The van der Waals surface area contributed by atoms with Crippen molar-refractivity contribution < 1.29 is 0 Å². The first kappa shape index (κ1) is 13.8. The minimum Gasteiger partial charge on any atom is -0.373 e. The highest BCUT2D eigenvalue weighted by Gasteiger charge is 2.11. The van der Waals surface area contributed by atoms with E-state index in [0.717, 1.165) is 32.9 Å². The molecule has 4 heteroatoms. The topological polar surface area (TPSA) is 37.8 Å². The summed E-state index contributed by atoms with van der Waals surface area (Å²) in [6, 6.07) is 12.0. The second-order valence-corrected chi connectivity index (χ2v) is 5.49. The van der Waals surface area contributed by atoms with Gasteiger partial charge in [-0.1, -0.05) is 35.4 Å². The van der Waals surface area contributed by atoms with E-state index < -0.39 is 0 Å². The minimum atomic E-state index is 0.690. The SMILES string of the molecule is CNc1nc(-c2cccc(Cl)c2C)nc2ccc(C)cc12. The van der Waals surface area contributed by atoms with Crippen molar-refractivity contribution in [1.29, 1.82) is 0 Å². The molecule has 1 heterocycles. The van der Waals surface area contributed by atoms with E-state index in [-0.39, 0.29) is 0 Å². The molecule has 0 spiro atoms. The van der Waals surface area contributed by atoms with Gasteiger partial charge in [-0.2, -0.15) is 0 Å². The maximum atomic E-state index is 6.21. The Morgan fingerprint density at radius 1 is 1.05 bits per heavy atom. The zero-order valence-electron chi connectivity index (χ0n) is 12.2. The van der Waals surface area contributed by atoms with Crippen LogP contribution in [0, 0.1) is 13.8 Å². The molecule has 2 aromatic carbocycles. The van der Waals surface area contributed by atoms with Gasteiger partial charge in [-0.3, -0.25) is 0 Å². The summed E-state index contributed by atoms with van der Waals surface area (Å²) in [5.74, 6) is 1.52. The van der Waals surface area contributed by atoms with Gasteiger partial charge in [-0.15, -0.1) is 0 Å². The van der Waals surface area contributed by atoms with Crippen molar-refractivity contribution in [3.63, 3.8) is 0 Å². The lowest BCUT2D eigenvalue weighted by Crippen LogP contribution is -2.00. The molecule has 0 bridgehead atoms. The van der Waals surface area contributed by atoms with Gasteiger partial charge in [0.2, 0.25) is 0 Å². The Balaban J connectivity index is 2.29. The zero-order chi connectivity index (χ0) is 15.0. The molecule has 0 amide bonds. The lowest BCUT2D eigenvalue weighted by molar-refractivity contribution is 1.20. The van der Waals surface area contributed by atoms with Crippen molar-refractivity contribution in [2.75, 3.05) is 12.4 Å². The molecule has 3 nitrogen and oxygen atoms in total. The summed E-state index contributed by atoms with van der Waals surface area (Å²) in [5, 5.41) is 4.91. The maximum Gasteiger partial charge on any atom is 0.162 e. The van der Waals surface area contributed by atoms with Crippen LogP contribution in [0.25, 0.3) is 22.3 Å². The normalized spacial score (nSPS) is 10.9. The standard InChI is InChI=1S/C17H16ClN3/c1-10-7-8-15-13(9-10)16(19-3)21-17(20-15)12-5-4-6-14(18)11(12)2/h4-9H,1-3H3,(H,19,20,21). The summed E-state index contributed by atoms with van der Waals surface area (Å²) in [6.45, 7) is 4.05. The number of benzene rings is 2. The van der Waals surface area contributed by atoms with E-state index in [4.69, 9.17) is 11.6 Å². The van der Waals surface area contributed by atoms with Crippen LogP contribution in [0.3, 0.4) is 0 Å². The highest BCUT2D eigenvalue weighted by molar-refractivity contribution is 6.31. The van der Waals surface area contributed by atoms with Crippen LogP contribution < -0.4 is 5.32 Å². The number of fused-ring (bicyclic) bond motifs is 1. The number of rotatable bonds is 2. The highest BCUT2D eigenvalue weighted by atomic mass is 35.5. The highest BCUT2D eigenvalue weighted by Crippen LogP contribution is 2.29. The van der Waals surface area contributed by atoms with Crippen LogP contribution in [-0.4, -0.2) is 17.0 Å². The summed E-state index contributed by atoms with van der Waals surface area (Å²) >= 11 is 6.21. The van der Waals surface area contributed by atoms with Crippen molar-refractivity contribution in [1.82, 2.24) is 9.97 Å². The van der Waals surface area contributed by atoms with Gasteiger partial charge in [0, 0.05) is 23.0 Å². The Morgan fingerprint density at radius 3 is 2.62 bits per heavy atom. The number of hydrogen-bond donors (Lipinski definition) is 1. The van der Waals surface area contributed by atoms with Gasteiger partial charge in [0.1, 0.15) is 5.82 Å². The maximum absolute atomic E-state index is 6.21. The summed E-state index contributed by atoms with van der Waals surface area (Å²) in [4.78, 5) is 9.34. The number of halogens is 1. The largest absolute Gasteiger partial charge is 0.373 e. The molecule has 0 aliphatic rings. The van der Waals surface area contributed by atoms with Crippen molar-refractivity contribution in [3.8, 4) is 11.4 Å². The third-order valence-electron chi connectivity index (χ3n) is 3.60. The summed E-state index contributed by atoms with van der Waals surface area (Å²) in [5.41, 5.74) is 4.07. The van der Waals surface area contributed by atoms with E-state index >= 15 is 0 Å².